The number of carbonyl (C=O) groups excluding carboxylic acids is 1. The van der Waals surface area contributed by atoms with Crippen molar-refractivity contribution in [2.24, 2.45) is 11.8 Å². The monoisotopic (exact) mass is 378 g/mol. The number of ether oxygens (including phenoxy) is 1. The van der Waals surface area contributed by atoms with Crippen molar-refractivity contribution in [2.45, 2.75) is 25.7 Å². The van der Waals surface area contributed by atoms with E-state index in [2.05, 4.69) is 9.88 Å². The van der Waals surface area contributed by atoms with Crippen LogP contribution in [0, 0.1) is 11.8 Å². The Bertz CT molecular complexity index is 753. The zero-order valence-corrected chi connectivity index (χ0v) is 14.9. The van der Waals surface area contributed by atoms with E-state index < -0.39 is 24.2 Å². The zero-order valence-electron chi connectivity index (χ0n) is 14.9. The quantitative estimate of drug-likeness (QED) is 0.738. The third kappa shape index (κ3) is 4.86. The van der Waals surface area contributed by atoms with Gasteiger partial charge in [0.25, 0.3) is 0 Å². The van der Waals surface area contributed by atoms with Crippen LogP contribution in [-0.4, -0.2) is 35.1 Å². The molecule has 0 bridgehead atoms. The second-order valence-electron chi connectivity index (χ2n) is 6.88. The van der Waals surface area contributed by atoms with Crippen molar-refractivity contribution in [3.8, 4) is 0 Å². The summed E-state index contributed by atoms with van der Waals surface area (Å²) in [6.45, 7) is 3.52. The van der Waals surface area contributed by atoms with Crippen molar-refractivity contribution in [3.05, 3.63) is 66.0 Å². The molecule has 3 unspecified atom stereocenters. The van der Waals surface area contributed by atoms with E-state index in [1.54, 1.807) is 0 Å². The van der Waals surface area contributed by atoms with E-state index in [4.69, 9.17) is 4.74 Å². The lowest BCUT2D eigenvalue weighted by molar-refractivity contribution is -0.227. The van der Waals surface area contributed by atoms with Crippen LogP contribution in [0.15, 0.2) is 54.7 Å². The molecule has 1 aliphatic heterocycles. The molecule has 3 atom stereocenters. The van der Waals surface area contributed by atoms with E-state index in [0.717, 1.165) is 5.56 Å². The molecule has 1 aromatic carbocycles. The first kappa shape index (κ1) is 19.4. The summed E-state index contributed by atoms with van der Waals surface area (Å²) in [4.78, 5) is 18.3. The third-order valence-electron chi connectivity index (χ3n) is 4.73. The molecular formula is C20H21F3N2O2. The molecule has 144 valence electrons. The molecule has 0 amide bonds. The number of nitrogens with zero attached hydrogens (tertiary/aromatic N) is 2. The number of esters is 1. The van der Waals surface area contributed by atoms with Gasteiger partial charge in [-0.1, -0.05) is 43.3 Å². The SMILES string of the molecule is CC1CN(Cc2ccccc2)CC1C(=O)OC(c1ccccn1)C(F)(F)F. The van der Waals surface area contributed by atoms with Gasteiger partial charge in [0.2, 0.25) is 6.10 Å². The Balaban J connectivity index is 1.67. The van der Waals surface area contributed by atoms with Crippen LogP contribution in [0.4, 0.5) is 13.2 Å². The fourth-order valence-electron chi connectivity index (χ4n) is 3.37. The third-order valence-corrected chi connectivity index (χ3v) is 4.73. The van der Waals surface area contributed by atoms with Gasteiger partial charge >= 0.3 is 12.1 Å². The Hall–Kier alpha value is -2.41. The summed E-state index contributed by atoms with van der Waals surface area (Å²) in [6.07, 6.45) is -5.81. The summed E-state index contributed by atoms with van der Waals surface area (Å²) in [5.41, 5.74) is 0.783. The molecule has 4 nitrogen and oxygen atoms in total. The minimum atomic E-state index is -4.71. The highest BCUT2D eigenvalue weighted by Gasteiger charge is 2.47. The first-order chi connectivity index (χ1) is 12.8. The molecule has 0 saturated carbocycles. The number of benzene rings is 1. The van der Waals surface area contributed by atoms with Gasteiger partial charge in [-0.3, -0.25) is 14.7 Å². The molecule has 3 rings (SSSR count). The number of hydrogen-bond donors (Lipinski definition) is 0. The van der Waals surface area contributed by atoms with E-state index in [9.17, 15) is 18.0 Å². The van der Waals surface area contributed by atoms with Gasteiger partial charge in [0.05, 0.1) is 11.6 Å². The normalized spacial score (nSPS) is 21.8. The second-order valence-corrected chi connectivity index (χ2v) is 6.88. The van der Waals surface area contributed by atoms with Crippen LogP contribution in [0.3, 0.4) is 0 Å². The largest absolute Gasteiger partial charge is 0.446 e. The lowest BCUT2D eigenvalue weighted by Gasteiger charge is -2.23. The standard InChI is InChI=1S/C20H21F3N2O2/c1-14-11-25(12-15-7-3-2-4-8-15)13-16(14)19(26)27-18(20(21,22)23)17-9-5-6-10-24-17/h2-10,14,16,18H,11-13H2,1H3. The molecule has 0 radical (unpaired) electrons. The zero-order chi connectivity index (χ0) is 19.4. The summed E-state index contributed by atoms with van der Waals surface area (Å²) >= 11 is 0. The van der Waals surface area contributed by atoms with Gasteiger partial charge in [0.15, 0.2) is 0 Å². The van der Waals surface area contributed by atoms with Gasteiger partial charge in [-0.25, -0.2) is 0 Å². The molecule has 2 heterocycles. The Morgan fingerprint density at radius 2 is 1.89 bits per heavy atom. The Morgan fingerprint density at radius 3 is 2.52 bits per heavy atom. The van der Waals surface area contributed by atoms with E-state index in [1.165, 1.54) is 24.4 Å². The van der Waals surface area contributed by atoms with Crippen LogP contribution in [0.25, 0.3) is 0 Å². The molecule has 1 saturated heterocycles. The number of pyridine rings is 1. The number of hydrogen-bond acceptors (Lipinski definition) is 4. The molecular weight excluding hydrogens is 357 g/mol. The molecule has 27 heavy (non-hydrogen) atoms. The van der Waals surface area contributed by atoms with E-state index in [1.807, 2.05) is 37.3 Å². The molecule has 0 N–H and O–H groups in total. The van der Waals surface area contributed by atoms with Gasteiger partial charge in [0.1, 0.15) is 0 Å². The highest BCUT2D eigenvalue weighted by atomic mass is 19.4. The minimum absolute atomic E-state index is 0.0844. The van der Waals surface area contributed by atoms with Gasteiger partial charge in [-0.2, -0.15) is 13.2 Å². The minimum Gasteiger partial charge on any atom is -0.446 e. The van der Waals surface area contributed by atoms with E-state index in [0.29, 0.717) is 19.6 Å². The Labute approximate surface area is 156 Å². The second kappa shape index (κ2) is 8.08. The van der Waals surface area contributed by atoms with Crippen LogP contribution < -0.4 is 0 Å². The maximum absolute atomic E-state index is 13.4. The molecule has 1 fully saturated rings. The number of alkyl halides is 3. The molecule has 7 heteroatoms. The lowest BCUT2D eigenvalue weighted by atomic mass is 9.98. The fraction of sp³-hybridized carbons (Fsp3) is 0.400. The van der Waals surface area contributed by atoms with Gasteiger partial charge in [-0.15, -0.1) is 0 Å². The van der Waals surface area contributed by atoms with Gasteiger partial charge in [-0.05, 0) is 23.6 Å². The smallest absolute Gasteiger partial charge is 0.431 e. The van der Waals surface area contributed by atoms with Gasteiger partial charge < -0.3 is 4.74 Å². The Morgan fingerprint density at radius 1 is 1.19 bits per heavy atom. The van der Waals surface area contributed by atoms with Gasteiger partial charge in [0, 0.05) is 25.8 Å². The predicted molar refractivity (Wildman–Crippen MR) is 93.5 cm³/mol. The summed E-state index contributed by atoms with van der Waals surface area (Å²) in [5.74, 6) is -1.51. The van der Waals surface area contributed by atoms with Crippen molar-refractivity contribution in [1.82, 2.24) is 9.88 Å². The molecule has 0 spiro atoms. The van der Waals surface area contributed by atoms with Crippen molar-refractivity contribution < 1.29 is 22.7 Å². The van der Waals surface area contributed by atoms with Crippen LogP contribution in [0.5, 0.6) is 0 Å². The van der Waals surface area contributed by atoms with Crippen LogP contribution >= 0.6 is 0 Å². The fourth-order valence-corrected chi connectivity index (χ4v) is 3.37. The number of rotatable bonds is 5. The maximum Gasteiger partial charge on any atom is 0.431 e. The summed E-state index contributed by atoms with van der Waals surface area (Å²) in [7, 11) is 0. The maximum atomic E-state index is 13.4. The van der Waals surface area contributed by atoms with Crippen molar-refractivity contribution in [3.63, 3.8) is 0 Å². The van der Waals surface area contributed by atoms with Crippen LogP contribution in [0.2, 0.25) is 0 Å². The number of aromatic nitrogens is 1. The number of likely N-dealkylation sites (tertiary alicyclic amines) is 1. The first-order valence-electron chi connectivity index (χ1n) is 8.79. The molecule has 2 aromatic rings. The molecule has 1 aromatic heterocycles. The average molecular weight is 378 g/mol. The number of halogens is 3. The number of carbonyl (C=O) groups is 1. The highest BCUT2D eigenvalue weighted by Crippen LogP contribution is 2.36. The predicted octanol–water partition coefficient (Wildman–Crippen LogP) is 4.00. The molecule has 1 aliphatic rings. The van der Waals surface area contributed by atoms with Crippen LogP contribution in [0.1, 0.15) is 24.3 Å². The first-order valence-corrected chi connectivity index (χ1v) is 8.79. The Kier molecular flexibility index (Phi) is 5.79. The highest BCUT2D eigenvalue weighted by molar-refractivity contribution is 5.74. The topological polar surface area (TPSA) is 42.4 Å². The van der Waals surface area contributed by atoms with Crippen molar-refractivity contribution >= 4 is 5.97 Å². The lowest BCUT2D eigenvalue weighted by Crippen LogP contribution is -2.32. The van der Waals surface area contributed by atoms with Crippen molar-refractivity contribution in [2.75, 3.05) is 13.1 Å². The van der Waals surface area contributed by atoms with E-state index >= 15 is 0 Å². The summed E-state index contributed by atoms with van der Waals surface area (Å²) < 4.78 is 45.1. The van der Waals surface area contributed by atoms with E-state index in [-0.39, 0.29) is 11.6 Å². The summed E-state index contributed by atoms with van der Waals surface area (Å²) in [5, 5.41) is 0. The summed E-state index contributed by atoms with van der Waals surface area (Å²) in [6, 6.07) is 13.9. The van der Waals surface area contributed by atoms with Crippen molar-refractivity contribution in [1.29, 1.82) is 0 Å². The average Bonchev–Trinajstić information content (AvgIpc) is 3.00. The van der Waals surface area contributed by atoms with Crippen LogP contribution in [-0.2, 0) is 16.1 Å². The molecule has 0 aliphatic carbocycles.